The van der Waals surface area contributed by atoms with Gasteiger partial charge < -0.3 is 5.32 Å². The number of anilines is 1. The Kier molecular flexibility index (Phi) is 2.78. The van der Waals surface area contributed by atoms with Gasteiger partial charge in [0.15, 0.2) is 0 Å². The van der Waals surface area contributed by atoms with E-state index in [4.69, 9.17) is 0 Å². The minimum atomic E-state index is 0.782. The molecule has 0 unspecified atom stereocenters. The molecular weight excluding hydrogens is 260 g/mol. The number of rotatable bonds is 3. The fourth-order valence-electron chi connectivity index (χ4n) is 2.60. The summed E-state index contributed by atoms with van der Waals surface area (Å²) >= 11 is 0. The summed E-state index contributed by atoms with van der Waals surface area (Å²) in [5.41, 5.74) is 4.15. The molecule has 0 radical (unpaired) electrons. The molecule has 21 heavy (non-hydrogen) atoms. The van der Waals surface area contributed by atoms with Crippen LogP contribution in [-0.2, 0) is 6.54 Å². The number of nitrogens with zero attached hydrogens (tertiary/aromatic N) is 2. The summed E-state index contributed by atoms with van der Waals surface area (Å²) in [6.45, 7) is 0.782. The van der Waals surface area contributed by atoms with Crippen LogP contribution in [0.4, 0.5) is 5.69 Å². The van der Waals surface area contributed by atoms with E-state index in [-0.39, 0.29) is 0 Å². The van der Waals surface area contributed by atoms with Crippen molar-refractivity contribution in [2.45, 2.75) is 6.54 Å². The molecule has 0 aliphatic rings. The van der Waals surface area contributed by atoms with Crippen molar-refractivity contribution in [1.29, 1.82) is 0 Å². The molecule has 3 aromatic carbocycles. The molecule has 2 N–H and O–H groups in total. The van der Waals surface area contributed by atoms with Crippen LogP contribution in [0.15, 0.2) is 60.7 Å². The number of aromatic nitrogens is 3. The molecule has 1 heterocycles. The Hall–Kier alpha value is -2.88. The first-order chi connectivity index (χ1) is 10.4. The Morgan fingerprint density at radius 2 is 1.86 bits per heavy atom. The second-order valence-corrected chi connectivity index (χ2v) is 5.04. The Balaban J connectivity index is 1.63. The van der Waals surface area contributed by atoms with Crippen molar-refractivity contribution in [1.82, 2.24) is 15.4 Å². The number of aromatic amines is 1. The van der Waals surface area contributed by atoms with E-state index in [0.29, 0.717) is 0 Å². The lowest BCUT2D eigenvalue weighted by molar-refractivity contribution is 0.959. The van der Waals surface area contributed by atoms with Gasteiger partial charge in [0.05, 0.1) is 5.52 Å². The third kappa shape index (κ3) is 2.21. The summed E-state index contributed by atoms with van der Waals surface area (Å²) in [7, 11) is 0. The Bertz CT molecular complexity index is 905. The molecule has 0 atom stereocenters. The van der Waals surface area contributed by atoms with Crippen LogP contribution in [0, 0.1) is 0 Å². The minimum absolute atomic E-state index is 0.782. The maximum absolute atomic E-state index is 4.04. The third-order valence-electron chi connectivity index (χ3n) is 3.69. The van der Waals surface area contributed by atoms with Crippen LogP contribution in [0.2, 0.25) is 0 Å². The van der Waals surface area contributed by atoms with E-state index in [9.17, 15) is 0 Å². The average molecular weight is 274 g/mol. The molecule has 4 nitrogen and oxygen atoms in total. The molecule has 0 saturated carbocycles. The molecular formula is C17H14N4. The summed E-state index contributed by atoms with van der Waals surface area (Å²) in [6.07, 6.45) is 0. The molecule has 4 aromatic rings. The highest BCUT2D eigenvalue weighted by molar-refractivity contribution is 5.86. The van der Waals surface area contributed by atoms with Gasteiger partial charge in [0.25, 0.3) is 0 Å². The fourth-order valence-corrected chi connectivity index (χ4v) is 2.60. The second-order valence-electron chi connectivity index (χ2n) is 5.04. The van der Waals surface area contributed by atoms with Gasteiger partial charge in [-0.05, 0) is 34.5 Å². The highest BCUT2D eigenvalue weighted by Gasteiger charge is 2.02. The summed E-state index contributed by atoms with van der Waals surface area (Å²) in [4.78, 5) is 0. The zero-order valence-corrected chi connectivity index (χ0v) is 11.4. The van der Waals surface area contributed by atoms with Crippen molar-refractivity contribution in [3.63, 3.8) is 0 Å². The van der Waals surface area contributed by atoms with Gasteiger partial charge in [0.1, 0.15) is 5.52 Å². The van der Waals surface area contributed by atoms with Gasteiger partial charge in [-0.1, -0.05) is 47.7 Å². The summed E-state index contributed by atoms with van der Waals surface area (Å²) in [6, 6.07) is 20.9. The van der Waals surface area contributed by atoms with Crippen LogP contribution in [0.25, 0.3) is 21.8 Å². The molecule has 0 aliphatic heterocycles. The highest BCUT2D eigenvalue weighted by Crippen LogP contribution is 2.20. The zero-order chi connectivity index (χ0) is 14.1. The van der Waals surface area contributed by atoms with Crippen molar-refractivity contribution in [3.05, 3.63) is 66.2 Å². The van der Waals surface area contributed by atoms with Gasteiger partial charge >= 0.3 is 0 Å². The fraction of sp³-hybridized carbons (Fsp3) is 0.0588. The van der Waals surface area contributed by atoms with Crippen molar-refractivity contribution < 1.29 is 0 Å². The van der Waals surface area contributed by atoms with Gasteiger partial charge in [-0.2, -0.15) is 0 Å². The lowest BCUT2D eigenvalue weighted by Crippen LogP contribution is -1.99. The van der Waals surface area contributed by atoms with E-state index >= 15 is 0 Å². The zero-order valence-electron chi connectivity index (χ0n) is 11.4. The summed E-state index contributed by atoms with van der Waals surface area (Å²) < 4.78 is 0. The predicted molar refractivity (Wildman–Crippen MR) is 85.2 cm³/mol. The minimum Gasteiger partial charge on any atom is -0.381 e. The normalized spacial score (nSPS) is 11.0. The van der Waals surface area contributed by atoms with Crippen molar-refractivity contribution in [3.8, 4) is 0 Å². The summed E-state index contributed by atoms with van der Waals surface area (Å²) in [5.74, 6) is 0. The molecule has 0 aliphatic carbocycles. The maximum atomic E-state index is 4.04. The van der Waals surface area contributed by atoms with Gasteiger partial charge in [0, 0.05) is 12.2 Å². The van der Waals surface area contributed by atoms with E-state index in [1.807, 2.05) is 18.2 Å². The van der Waals surface area contributed by atoms with Gasteiger partial charge in [0.2, 0.25) is 0 Å². The third-order valence-corrected chi connectivity index (χ3v) is 3.69. The monoisotopic (exact) mass is 274 g/mol. The van der Waals surface area contributed by atoms with E-state index in [2.05, 4.69) is 63.2 Å². The Morgan fingerprint density at radius 3 is 2.86 bits per heavy atom. The topological polar surface area (TPSA) is 53.6 Å². The molecule has 0 spiro atoms. The Morgan fingerprint density at radius 1 is 0.952 bits per heavy atom. The molecule has 0 amide bonds. The maximum Gasteiger partial charge on any atom is 0.114 e. The largest absolute Gasteiger partial charge is 0.381 e. The number of hydrogen-bond acceptors (Lipinski definition) is 3. The SMILES string of the molecule is c1ccc2c(CNc3ccc4[nH]nnc4c3)cccc2c1. The first-order valence-electron chi connectivity index (χ1n) is 6.91. The quantitative estimate of drug-likeness (QED) is 0.598. The summed E-state index contributed by atoms with van der Waals surface area (Å²) in [5, 5.41) is 16.7. The van der Waals surface area contributed by atoms with Gasteiger partial charge in [-0.15, -0.1) is 5.10 Å². The van der Waals surface area contributed by atoms with Crippen LogP contribution in [0.3, 0.4) is 0 Å². The molecule has 4 rings (SSSR count). The smallest absolute Gasteiger partial charge is 0.114 e. The second kappa shape index (κ2) is 4.90. The van der Waals surface area contributed by atoms with Crippen molar-refractivity contribution >= 4 is 27.5 Å². The molecule has 0 fully saturated rings. The van der Waals surface area contributed by atoms with Crippen LogP contribution in [0.5, 0.6) is 0 Å². The predicted octanol–water partition coefficient (Wildman–Crippen LogP) is 3.72. The first kappa shape index (κ1) is 11.9. The van der Waals surface area contributed by atoms with Crippen LogP contribution >= 0.6 is 0 Å². The van der Waals surface area contributed by atoms with E-state index in [1.54, 1.807) is 0 Å². The lowest BCUT2D eigenvalue weighted by Gasteiger charge is -2.09. The number of hydrogen-bond donors (Lipinski definition) is 2. The molecule has 0 saturated heterocycles. The Labute approximate surface area is 121 Å². The van der Waals surface area contributed by atoms with Crippen molar-refractivity contribution in [2.24, 2.45) is 0 Å². The van der Waals surface area contributed by atoms with Crippen LogP contribution in [0.1, 0.15) is 5.56 Å². The van der Waals surface area contributed by atoms with Gasteiger partial charge in [-0.25, -0.2) is 0 Å². The molecule has 1 aromatic heterocycles. The lowest BCUT2D eigenvalue weighted by atomic mass is 10.0. The molecule has 4 heteroatoms. The average Bonchev–Trinajstić information content (AvgIpc) is 3.00. The highest BCUT2D eigenvalue weighted by atomic mass is 15.3. The first-order valence-corrected chi connectivity index (χ1v) is 6.91. The standard InChI is InChI=1S/C17H14N4/c1-2-7-15-12(4-1)5-3-6-13(15)11-18-14-8-9-16-17(10-14)20-21-19-16/h1-10,18H,11H2,(H,19,20,21). The molecule has 0 bridgehead atoms. The number of nitrogens with one attached hydrogen (secondary N) is 2. The van der Waals surface area contributed by atoms with Gasteiger partial charge in [-0.3, -0.25) is 5.10 Å². The number of benzene rings is 3. The van der Waals surface area contributed by atoms with E-state index < -0.39 is 0 Å². The number of H-pyrrole nitrogens is 1. The van der Waals surface area contributed by atoms with Crippen LogP contribution < -0.4 is 5.32 Å². The number of fused-ring (bicyclic) bond motifs is 2. The van der Waals surface area contributed by atoms with Crippen molar-refractivity contribution in [2.75, 3.05) is 5.32 Å². The van der Waals surface area contributed by atoms with Crippen LogP contribution in [-0.4, -0.2) is 15.4 Å². The van der Waals surface area contributed by atoms with E-state index in [0.717, 1.165) is 23.3 Å². The van der Waals surface area contributed by atoms with E-state index in [1.165, 1.54) is 16.3 Å². The molecule has 102 valence electrons.